The molecule has 3 rings (SSSR count). The first-order valence-corrected chi connectivity index (χ1v) is 12.9. The van der Waals surface area contributed by atoms with Crippen LogP contribution in [0.2, 0.25) is 0 Å². The minimum Gasteiger partial charge on any atom is -0.378 e. The second kappa shape index (κ2) is 15.0. The van der Waals surface area contributed by atoms with Crippen molar-refractivity contribution in [1.29, 1.82) is 0 Å². The molecule has 0 radical (unpaired) electrons. The van der Waals surface area contributed by atoms with Gasteiger partial charge in [-0.25, -0.2) is 0 Å². The van der Waals surface area contributed by atoms with Gasteiger partial charge in [0.25, 0.3) is 0 Å². The molecule has 36 heavy (non-hydrogen) atoms. The number of anilines is 2. The van der Waals surface area contributed by atoms with Gasteiger partial charge in [0.15, 0.2) is 5.82 Å². The molecule has 0 aliphatic carbocycles. The molecule has 2 aromatic rings. The summed E-state index contributed by atoms with van der Waals surface area (Å²) in [5.74, 6) is 1.66. The summed E-state index contributed by atoms with van der Waals surface area (Å²) in [7, 11) is 0. The van der Waals surface area contributed by atoms with E-state index >= 15 is 0 Å². The minimum atomic E-state index is 0.0850. The first kappa shape index (κ1) is 28.2. The summed E-state index contributed by atoms with van der Waals surface area (Å²) in [6.07, 6.45) is 2.33. The molecule has 1 fully saturated rings. The Hall–Kier alpha value is -2.37. The number of nitrogens with one attached hydrogen (secondary N) is 2. The normalized spacial score (nSPS) is 15.8. The summed E-state index contributed by atoms with van der Waals surface area (Å²) in [6, 6.07) is 8.39. The third-order valence-electron chi connectivity index (χ3n) is 5.69. The fraction of sp³-hybridized carbons (Fsp3) is 0.654. The predicted octanol–water partition coefficient (Wildman–Crippen LogP) is 2.85. The lowest BCUT2D eigenvalue weighted by Gasteiger charge is -2.19. The number of hydrogen-bond donors (Lipinski definition) is 3. The van der Waals surface area contributed by atoms with E-state index in [1.165, 1.54) is 5.56 Å². The summed E-state index contributed by atoms with van der Waals surface area (Å²) in [6.45, 7) is 12.3. The van der Waals surface area contributed by atoms with Gasteiger partial charge in [-0.3, -0.25) is 0 Å². The van der Waals surface area contributed by atoms with Crippen LogP contribution in [0, 0.1) is 0 Å². The van der Waals surface area contributed by atoms with Crippen molar-refractivity contribution in [3.63, 3.8) is 0 Å². The first-order valence-electron chi connectivity index (χ1n) is 12.9. The van der Waals surface area contributed by atoms with Crippen LogP contribution in [0.25, 0.3) is 11.4 Å². The average Bonchev–Trinajstić information content (AvgIpc) is 3.39. The standard InChI is InChI=1S/C26H42N6O4/c1-26(2,3)21-8-6-20(7-9-21)23-30-24(32-25(31-23)29-19-22-5-4-12-36-22)28-11-14-34-16-18-35-17-15-33-13-10-27/h6-9,22H,4-5,10-19,27H2,1-3H3,(H2,28,29,30,31,32). The first-order chi connectivity index (χ1) is 17.5. The molecule has 0 saturated carbocycles. The van der Waals surface area contributed by atoms with Crippen LogP contribution in [0.5, 0.6) is 0 Å². The Morgan fingerprint density at radius 2 is 1.53 bits per heavy atom. The van der Waals surface area contributed by atoms with E-state index in [-0.39, 0.29) is 11.5 Å². The van der Waals surface area contributed by atoms with Gasteiger partial charge in [-0.1, -0.05) is 45.0 Å². The van der Waals surface area contributed by atoms with Gasteiger partial charge in [0, 0.05) is 31.8 Å². The largest absolute Gasteiger partial charge is 0.378 e. The van der Waals surface area contributed by atoms with E-state index in [1.807, 2.05) is 0 Å². The zero-order chi connectivity index (χ0) is 25.6. The molecule has 1 saturated heterocycles. The predicted molar refractivity (Wildman–Crippen MR) is 141 cm³/mol. The Morgan fingerprint density at radius 1 is 0.889 bits per heavy atom. The number of benzene rings is 1. The van der Waals surface area contributed by atoms with Crippen molar-refractivity contribution < 1.29 is 18.9 Å². The number of rotatable bonds is 16. The zero-order valence-electron chi connectivity index (χ0n) is 21.9. The van der Waals surface area contributed by atoms with Gasteiger partial charge in [-0.2, -0.15) is 15.0 Å². The number of ether oxygens (including phenoxy) is 4. The van der Waals surface area contributed by atoms with Gasteiger partial charge >= 0.3 is 0 Å². The van der Waals surface area contributed by atoms with E-state index in [4.69, 9.17) is 24.7 Å². The van der Waals surface area contributed by atoms with Gasteiger partial charge in [-0.05, 0) is 23.8 Å². The maximum Gasteiger partial charge on any atom is 0.228 e. The lowest BCUT2D eigenvalue weighted by Crippen LogP contribution is -2.21. The van der Waals surface area contributed by atoms with Gasteiger partial charge < -0.3 is 35.3 Å². The molecule has 200 valence electrons. The molecule has 2 heterocycles. The highest BCUT2D eigenvalue weighted by molar-refractivity contribution is 5.58. The SMILES string of the molecule is CC(C)(C)c1ccc(-c2nc(NCCOCCOCCOCCN)nc(NCC3CCCO3)n2)cc1. The Balaban J connectivity index is 1.53. The average molecular weight is 503 g/mol. The Morgan fingerprint density at radius 3 is 2.14 bits per heavy atom. The van der Waals surface area contributed by atoms with Gasteiger partial charge in [-0.15, -0.1) is 0 Å². The second-order valence-electron chi connectivity index (χ2n) is 9.70. The number of nitrogens with zero attached hydrogens (tertiary/aromatic N) is 3. The van der Waals surface area contributed by atoms with Crippen LogP contribution in [-0.4, -0.2) is 86.9 Å². The maximum absolute atomic E-state index is 5.72. The lowest BCUT2D eigenvalue weighted by atomic mass is 9.87. The van der Waals surface area contributed by atoms with E-state index in [2.05, 4.69) is 70.6 Å². The van der Waals surface area contributed by atoms with Crippen LogP contribution in [-0.2, 0) is 24.4 Å². The van der Waals surface area contributed by atoms with Gasteiger partial charge in [0.05, 0.1) is 45.7 Å². The third-order valence-corrected chi connectivity index (χ3v) is 5.69. The van der Waals surface area contributed by atoms with Crippen LogP contribution in [0.3, 0.4) is 0 Å². The molecule has 0 amide bonds. The van der Waals surface area contributed by atoms with Crippen molar-refractivity contribution in [3.8, 4) is 11.4 Å². The van der Waals surface area contributed by atoms with Crippen LogP contribution >= 0.6 is 0 Å². The van der Waals surface area contributed by atoms with Crippen LogP contribution in [0.15, 0.2) is 24.3 Å². The zero-order valence-corrected chi connectivity index (χ0v) is 21.9. The molecule has 4 N–H and O–H groups in total. The molecule has 10 nitrogen and oxygen atoms in total. The van der Waals surface area contributed by atoms with E-state index in [1.54, 1.807) is 0 Å². The van der Waals surface area contributed by atoms with Crippen LogP contribution < -0.4 is 16.4 Å². The molecule has 0 bridgehead atoms. The lowest BCUT2D eigenvalue weighted by molar-refractivity contribution is 0.0179. The summed E-state index contributed by atoms with van der Waals surface area (Å²) in [5, 5.41) is 6.58. The Kier molecular flexibility index (Phi) is 11.8. The second-order valence-corrected chi connectivity index (χ2v) is 9.70. The van der Waals surface area contributed by atoms with Crippen molar-refractivity contribution in [2.24, 2.45) is 5.73 Å². The number of nitrogens with two attached hydrogens (primary N) is 1. The van der Waals surface area contributed by atoms with Gasteiger partial charge in [0.1, 0.15) is 0 Å². The highest BCUT2D eigenvalue weighted by Crippen LogP contribution is 2.25. The van der Waals surface area contributed by atoms with Crippen molar-refractivity contribution in [3.05, 3.63) is 29.8 Å². The monoisotopic (exact) mass is 502 g/mol. The van der Waals surface area contributed by atoms with E-state index in [0.29, 0.717) is 77.0 Å². The fourth-order valence-corrected chi connectivity index (χ4v) is 3.65. The molecule has 1 atom stereocenters. The fourth-order valence-electron chi connectivity index (χ4n) is 3.65. The van der Waals surface area contributed by atoms with Crippen molar-refractivity contribution in [2.45, 2.75) is 45.1 Å². The van der Waals surface area contributed by atoms with Crippen molar-refractivity contribution in [2.75, 3.05) is 76.5 Å². The smallest absolute Gasteiger partial charge is 0.228 e. The summed E-state index contributed by atoms with van der Waals surface area (Å²) in [4.78, 5) is 13.9. The Bertz CT molecular complexity index is 885. The van der Waals surface area contributed by atoms with Crippen molar-refractivity contribution >= 4 is 11.9 Å². The van der Waals surface area contributed by atoms with E-state index in [9.17, 15) is 0 Å². The van der Waals surface area contributed by atoms with Crippen molar-refractivity contribution in [1.82, 2.24) is 15.0 Å². The number of aromatic nitrogens is 3. The molecule has 10 heteroatoms. The number of hydrogen-bond acceptors (Lipinski definition) is 10. The highest BCUT2D eigenvalue weighted by atomic mass is 16.5. The van der Waals surface area contributed by atoms with Gasteiger partial charge in [0.2, 0.25) is 11.9 Å². The molecule has 1 unspecified atom stereocenters. The third kappa shape index (κ3) is 9.94. The molecular weight excluding hydrogens is 460 g/mol. The molecule has 1 aromatic carbocycles. The molecular formula is C26H42N6O4. The van der Waals surface area contributed by atoms with E-state index in [0.717, 1.165) is 25.0 Å². The Labute approximate surface area is 214 Å². The maximum atomic E-state index is 5.72. The summed E-state index contributed by atoms with van der Waals surface area (Å²) in [5.41, 5.74) is 7.66. The topological polar surface area (TPSA) is 126 Å². The molecule has 0 spiro atoms. The summed E-state index contributed by atoms with van der Waals surface area (Å²) >= 11 is 0. The van der Waals surface area contributed by atoms with Crippen LogP contribution in [0.1, 0.15) is 39.2 Å². The molecule has 1 aliphatic heterocycles. The molecule has 1 aromatic heterocycles. The quantitative estimate of drug-likeness (QED) is 0.295. The molecule has 1 aliphatic rings. The van der Waals surface area contributed by atoms with E-state index < -0.39 is 0 Å². The summed E-state index contributed by atoms with van der Waals surface area (Å²) < 4.78 is 22.1. The minimum absolute atomic E-state index is 0.0850. The highest BCUT2D eigenvalue weighted by Gasteiger charge is 2.17. The van der Waals surface area contributed by atoms with Crippen LogP contribution in [0.4, 0.5) is 11.9 Å².